The van der Waals surface area contributed by atoms with Crippen LogP contribution in [0.5, 0.6) is 0 Å². The summed E-state index contributed by atoms with van der Waals surface area (Å²) in [4.78, 5) is 30.4. The van der Waals surface area contributed by atoms with Crippen LogP contribution < -0.4 is 16.8 Å². The van der Waals surface area contributed by atoms with Crippen molar-refractivity contribution in [2.24, 2.45) is 21.9 Å². The fourth-order valence-electron chi connectivity index (χ4n) is 4.72. The number of nitrogens with zero attached hydrogens (tertiary/aromatic N) is 2. The van der Waals surface area contributed by atoms with E-state index < -0.39 is 17.2 Å². The van der Waals surface area contributed by atoms with E-state index in [1.165, 1.54) is 12.3 Å². The lowest BCUT2D eigenvalue weighted by Crippen LogP contribution is -2.48. The largest absolute Gasteiger partial charge is 0.369 e. The third-order valence-corrected chi connectivity index (χ3v) is 6.53. The van der Waals surface area contributed by atoms with Crippen molar-refractivity contribution in [1.82, 2.24) is 10.2 Å². The molecule has 2 amide bonds. The molecular weight excluding hydrogens is 433 g/mol. The zero-order valence-electron chi connectivity index (χ0n) is 19.3. The van der Waals surface area contributed by atoms with E-state index >= 15 is 0 Å². The molecule has 2 aliphatic heterocycles. The third kappa shape index (κ3) is 5.24. The first-order valence-corrected chi connectivity index (χ1v) is 11.4. The Balaban J connectivity index is 1.59. The molecular formula is C26H30FN5O2. The summed E-state index contributed by atoms with van der Waals surface area (Å²) in [7, 11) is 0. The van der Waals surface area contributed by atoms with Crippen LogP contribution in [-0.4, -0.2) is 48.1 Å². The lowest BCUT2D eigenvalue weighted by atomic mass is 9.75. The lowest BCUT2D eigenvalue weighted by Gasteiger charge is -2.31. The van der Waals surface area contributed by atoms with Crippen molar-refractivity contribution in [2.75, 3.05) is 19.6 Å². The van der Waals surface area contributed by atoms with Gasteiger partial charge in [0.05, 0.1) is 5.41 Å². The molecule has 7 nitrogen and oxygen atoms in total. The fraction of sp³-hybridized carbons (Fsp3) is 0.346. The number of amides is 2. The van der Waals surface area contributed by atoms with E-state index in [9.17, 15) is 14.0 Å². The maximum Gasteiger partial charge on any atom is 0.263 e. The molecule has 34 heavy (non-hydrogen) atoms. The highest BCUT2D eigenvalue weighted by Gasteiger charge is 2.38. The summed E-state index contributed by atoms with van der Waals surface area (Å²) in [5.41, 5.74) is 13.1. The summed E-state index contributed by atoms with van der Waals surface area (Å²) in [5, 5.41) is 3.44. The number of halogens is 1. The van der Waals surface area contributed by atoms with E-state index in [0.29, 0.717) is 11.6 Å². The molecule has 2 aromatic rings. The standard InChI is InChI=1S/C26H30FN5O2/c1-17-15-32(10-9-30-17)16-19-3-2-4-20(11-19)21-12-18(5-6-22(21)27)13-26(25(29)34)7-8-31-23(14-26)24(28)33/h2-8,11-12,17,30H,9-10,13-16H2,1H3,(H2,28,33)(H2,29,34)/t17-,26?/m0/s1. The van der Waals surface area contributed by atoms with Gasteiger partial charge in [-0.05, 0) is 54.3 Å². The van der Waals surface area contributed by atoms with Crippen molar-refractivity contribution < 1.29 is 14.0 Å². The van der Waals surface area contributed by atoms with Crippen LogP contribution in [0.25, 0.3) is 11.1 Å². The second kappa shape index (κ2) is 9.87. The molecule has 0 radical (unpaired) electrons. The Morgan fingerprint density at radius 2 is 2.03 bits per heavy atom. The summed E-state index contributed by atoms with van der Waals surface area (Å²) in [6.45, 7) is 5.86. The average molecular weight is 464 g/mol. The van der Waals surface area contributed by atoms with Crippen molar-refractivity contribution >= 4 is 17.5 Å². The Bertz CT molecular complexity index is 1160. The van der Waals surface area contributed by atoms with Crippen LogP contribution in [0.1, 0.15) is 24.5 Å². The van der Waals surface area contributed by atoms with Crippen molar-refractivity contribution in [3.8, 4) is 11.1 Å². The van der Waals surface area contributed by atoms with E-state index in [2.05, 4.69) is 28.2 Å². The smallest absolute Gasteiger partial charge is 0.263 e. The van der Waals surface area contributed by atoms with Gasteiger partial charge in [-0.15, -0.1) is 0 Å². The number of aliphatic imine (C=N–C) groups is 1. The van der Waals surface area contributed by atoms with Crippen LogP contribution in [0, 0.1) is 11.2 Å². The Labute approximate surface area is 198 Å². The zero-order valence-corrected chi connectivity index (χ0v) is 19.3. The summed E-state index contributed by atoms with van der Waals surface area (Å²) < 4.78 is 14.9. The molecule has 2 aromatic carbocycles. The molecule has 1 unspecified atom stereocenters. The Morgan fingerprint density at radius 3 is 2.76 bits per heavy atom. The number of benzene rings is 2. The summed E-state index contributed by atoms with van der Waals surface area (Å²) in [6.07, 6.45) is 3.20. The molecule has 5 N–H and O–H groups in total. The van der Waals surface area contributed by atoms with Gasteiger partial charge in [0.25, 0.3) is 5.91 Å². The Kier molecular flexibility index (Phi) is 6.90. The van der Waals surface area contributed by atoms with E-state index in [1.54, 1.807) is 18.2 Å². The van der Waals surface area contributed by atoms with Crippen LogP contribution in [0.3, 0.4) is 0 Å². The molecule has 2 atom stereocenters. The van der Waals surface area contributed by atoms with Crippen molar-refractivity contribution in [2.45, 2.75) is 32.4 Å². The number of carbonyl (C=O) groups is 2. The minimum absolute atomic E-state index is 0.0134. The highest BCUT2D eigenvalue weighted by atomic mass is 19.1. The van der Waals surface area contributed by atoms with Crippen molar-refractivity contribution in [1.29, 1.82) is 0 Å². The summed E-state index contributed by atoms with van der Waals surface area (Å²) in [6, 6.07) is 13.1. The van der Waals surface area contributed by atoms with E-state index in [1.807, 2.05) is 18.2 Å². The summed E-state index contributed by atoms with van der Waals surface area (Å²) >= 11 is 0. The van der Waals surface area contributed by atoms with Gasteiger partial charge in [0.2, 0.25) is 5.91 Å². The molecule has 2 aliphatic rings. The Hall–Kier alpha value is -3.36. The fourth-order valence-corrected chi connectivity index (χ4v) is 4.72. The molecule has 0 spiro atoms. The van der Waals surface area contributed by atoms with Gasteiger partial charge < -0.3 is 16.8 Å². The van der Waals surface area contributed by atoms with Crippen molar-refractivity contribution in [3.05, 3.63) is 71.7 Å². The lowest BCUT2D eigenvalue weighted by molar-refractivity contribution is -0.125. The maximum atomic E-state index is 14.9. The first kappa shape index (κ1) is 23.8. The zero-order chi connectivity index (χ0) is 24.3. The second-order valence-electron chi connectivity index (χ2n) is 9.23. The van der Waals surface area contributed by atoms with Gasteiger partial charge >= 0.3 is 0 Å². The molecule has 0 aliphatic carbocycles. The van der Waals surface area contributed by atoms with Crippen LogP contribution in [0.2, 0.25) is 0 Å². The molecule has 2 heterocycles. The Morgan fingerprint density at radius 1 is 1.21 bits per heavy atom. The predicted molar refractivity (Wildman–Crippen MR) is 130 cm³/mol. The molecule has 0 bridgehead atoms. The van der Waals surface area contributed by atoms with Crippen LogP contribution in [-0.2, 0) is 22.6 Å². The number of piperazine rings is 1. The quantitative estimate of drug-likeness (QED) is 0.584. The van der Waals surface area contributed by atoms with Gasteiger partial charge in [0.1, 0.15) is 11.5 Å². The number of nitrogens with two attached hydrogens (primary N) is 2. The topological polar surface area (TPSA) is 114 Å². The molecule has 0 aromatic heterocycles. The second-order valence-corrected chi connectivity index (χ2v) is 9.23. The SMILES string of the molecule is C[C@H]1CN(Cc2cccc(-c3cc(CC4(C(N)=O)C=CN=C(C(N)=O)C4)ccc3F)c2)CCN1. The van der Waals surface area contributed by atoms with Crippen LogP contribution in [0.15, 0.2) is 59.7 Å². The van der Waals surface area contributed by atoms with Gasteiger partial charge in [0, 0.05) is 50.4 Å². The van der Waals surface area contributed by atoms with Gasteiger partial charge in [0.15, 0.2) is 0 Å². The van der Waals surface area contributed by atoms with Crippen LogP contribution in [0.4, 0.5) is 4.39 Å². The van der Waals surface area contributed by atoms with Gasteiger partial charge in [-0.1, -0.05) is 24.3 Å². The normalized spacial score (nSPS) is 22.9. The van der Waals surface area contributed by atoms with Gasteiger partial charge in [-0.2, -0.15) is 0 Å². The van der Waals surface area contributed by atoms with E-state index in [-0.39, 0.29) is 24.4 Å². The molecule has 0 saturated carbocycles. The highest BCUT2D eigenvalue weighted by Crippen LogP contribution is 2.34. The monoisotopic (exact) mass is 463 g/mol. The number of nitrogens with one attached hydrogen (secondary N) is 1. The van der Waals surface area contributed by atoms with Crippen molar-refractivity contribution in [3.63, 3.8) is 0 Å². The predicted octanol–water partition coefficient (Wildman–Crippen LogP) is 2.14. The van der Waals surface area contributed by atoms with Crippen LogP contribution >= 0.6 is 0 Å². The number of rotatable bonds is 7. The first-order valence-electron chi connectivity index (χ1n) is 11.4. The van der Waals surface area contributed by atoms with E-state index in [4.69, 9.17) is 11.5 Å². The minimum Gasteiger partial charge on any atom is -0.369 e. The minimum atomic E-state index is -1.15. The molecule has 178 valence electrons. The number of primary amides is 2. The number of hydrogen-bond donors (Lipinski definition) is 3. The number of carbonyl (C=O) groups excluding carboxylic acids is 2. The molecule has 8 heteroatoms. The maximum absolute atomic E-state index is 14.9. The summed E-state index contributed by atoms with van der Waals surface area (Å²) in [5.74, 6) is -1.62. The highest BCUT2D eigenvalue weighted by molar-refractivity contribution is 6.39. The molecule has 1 fully saturated rings. The van der Waals surface area contributed by atoms with Gasteiger partial charge in [-0.25, -0.2) is 4.39 Å². The van der Waals surface area contributed by atoms with Gasteiger partial charge in [-0.3, -0.25) is 19.5 Å². The number of hydrogen-bond acceptors (Lipinski definition) is 5. The molecule has 1 saturated heterocycles. The average Bonchev–Trinajstić information content (AvgIpc) is 2.80. The molecule has 4 rings (SSSR count). The van der Waals surface area contributed by atoms with E-state index in [0.717, 1.165) is 42.9 Å². The first-order chi connectivity index (χ1) is 16.3. The third-order valence-electron chi connectivity index (χ3n) is 6.53.